The fourth-order valence-corrected chi connectivity index (χ4v) is 4.35. The van der Waals surface area contributed by atoms with Gasteiger partial charge in [-0.1, -0.05) is 36.4 Å². The molecule has 160 valence electrons. The molecule has 1 fully saturated rings. The van der Waals surface area contributed by atoms with Gasteiger partial charge in [0.05, 0.1) is 10.7 Å². The molecule has 0 radical (unpaired) electrons. The van der Waals surface area contributed by atoms with Crippen molar-refractivity contribution in [2.45, 2.75) is 43.4 Å². The standard InChI is InChI=1S/C22H22N4O4S/c27-20(30-19-9-5-2-6-10-19)15-31-22-24-23-21(25(22)17-7-3-1-4-8-17)16-11-13-18(14-12-16)26(28)29/h1,3-4,7-8,11-14,19H,2,5-6,9-10,15H2. The van der Waals surface area contributed by atoms with Crippen LogP contribution in [0.2, 0.25) is 0 Å². The van der Waals surface area contributed by atoms with Gasteiger partial charge in [0.15, 0.2) is 11.0 Å². The number of esters is 1. The number of thioether (sulfide) groups is 1. The molecule has 0 aliphatic heterocycles. The van der Waals surface area contributed by atoms with E-state index in [2.05, 4.69) is 10.2 Å². The summed E-state index contributed by atoms with van der Waals surface area (Å²) in [5, 5.41) is 20.1. The van der Waals surface area contributed by atoms with E-state index < -0.39 is 4.92 Å². The Balaban J connectivity index is 1.56. The van der Waals surface area contributed by atoms with Crippen molar-refractivity contribution in [1.82, 2.24) is 14.8 Å². The monoisotopic (exact) mass is 438 g/mol. The number of hydrogen-bond donors (Lipinski definition) is 0. The molecule has 1 heterocycles. The van der Waals surface area contributed by atoms with Crippen LogP contribution < -0.4 is 0 Å². The lowest BCUT2D eigenvalue weighted by molar-refractivity contribution is -0.384. The summed E-state index contributed by atoms with van der Waals surface area (Å²) in [5.74, 6) is 0.433. The zero-order valence-electron chi connectivity index (χ0n) is 16.8. The topological polar surface area (TPSA) is 100 Å². The second-order valence-electron chi connectivity index (χ2n) is 7.32. The lowest BCUT2D eigenvalue weighted by Gasteiger charge is -2.21. The van der Waals surface area contributed by atoms with E-state index in [9.17, 15) is 14.9 Å². The van der Waals surface area contributed by atoms with Gasteiger partial charge < -0.3 is 4.74 Å². The van der Waals surface area contributed by atoms with Crippen LogP contribution >= 0.6 is 11.8 Å². The van der Waals surface area contributed by atoms with E-state index in [-0.39, 0.29) is 23.5 Å². The van der Waals surface area contributed by atoms with E-state index in [1.807, 2.05) is 34.9 Å². The fourth-order valence-electron chi connectivity index (χ4n) is 3.62. The summed E-state index contributed by atoms with van der Waals surface area (Å²) in [5.41, 5.74) is 1.54. The lowest BCUT2D eigenvalue weighted by atomic mass is 9.98. The van der Waals surface area contributed by atoms with Gasteiger partial charge in [0, 0.05) is 23.4 Å². The van der Waals surface area contributed by atoms with Crippen LogP contribution in [-0.2, 0) is 9.53 Å². The predicted molar refractivity (Wildman–Crippen MR) is 117 cm³/mol. The largest absolute Gasteiger partial charge is 0.462 e. The van der Waals surface area contributed by atoms with Gasteiger partial charge >= 0.3 is 5.97 Å². The van der Waals surface area contributed by atoms with Crippen molar-refractivity contribution >= 4 is 23.4 Å². The third-order valence-electron chi connectivity index (χ3n) is 5.15. The summed E-state index contributed by atoms with van der Waals surface area (Å²) in [4.78, 5) is 22.9. The van der Waals surface area contributed by atoms with Crippen LogP contribution in [0.1, 0.15) is 32.1 Å². The van der Waals surface area contributed by atoms with Crippen molar-refractivity contribution < 1.29 is 14.5 Å². The third-order valence-corrected chi connectivity index (χ3v) is 6.06. The van der Waals surface area contributed by atoms with Crippen LogP contribution in [0, 0.1) is 10.1 Å². The Morgan fingerprint density at radius 3 is 2.45 bits per heavy atom. The Bertz CT molecular complexity index is 1050. The molecular weight excluding hydrogens is 416 g/mol. The molecule has 9 heteroatoms. The van der Waals surface area contributed by atoms with Gasteiger partial charge in [0.2, 0.25) is 0 Å². The lowest BCUT2D eigenvalue weighted by Crippen LogP contribution is -2.22. The van der Waals surface area contributed by atoms with Gasteiger partial charge in [-0.2, -0.15) is 0 Å². The number of ether oxygens (including phenoxy) is 1. The number of nitro groups is 1. The van der Waals surface area contributed by atoms with E-state index in [1.54, 1.807) is 12.1 Å². The van der Waals surface area contributed by atoms with Gasteiger partial charge in [-0.25, -0.2) is 0 Å². The first kappa shape index (κ1) is 21.0. The van der Waals surface area contributed by atoms with Crippen molar-refractivity contribution in [2.75, 3.05) is 5.75 Å². The summed E-state index contributed by atoms with van der Waals surface area (Å²) in [7, 11) is 0. The number of hydrogen-bond acceptors (Lipinski definition) is 7. The maximum Gasteiger partial charge on any atom is 0.316 e. The number of benzene rings is 2. The van der Waals surface area contributed by atoms with Crippen LogP contribution in [-0.4, -0.2) is 37.5 Å². The molecule has 0 bridgehead atoms. The van der Waals surface area contributed by atoms with Crippen molar-refractivity contribution in [3.8, 4) is 17.1 Å². The molecule has 0 unspecified atom stereocenters. The zero-order valence-corrected chi connectivity index (χ0v) is 17.7. The van der Waals surface area contributed by atoms with Crippen LogP contribution in [0.15, 0.2) is 59.8 Å². The summed E-state index contributed by atoms with van der Waals surface area (Å²) in [6.07, 6.45) is 5.29. The first-order chi connectivity index (χ1) is 15.1. The molecule has 2 aromatic carbocycles. The van der Waals surface area contributed by atoms with E-state index in [1.165, 1.54) is 30.3 Å². The number of nitro benzene ring substituents is 1. The summed E-state index contributed by atoms with van der Waals surface area (Å²) in [6.45, 7) is 0. The number of rotatable bonds is 7. The molecule has 0 N–H and O–H groups in total. The minimum absolute atomic E-state index is 0.00887. The van der Waals surface area contributed by atoms with Crippen molar-refractivity contribution in [3.63, 3.8) is 0 Å². The van der Waals surface area contributed by atoms with Crippen molar-refractivity contribution in [1.29, 1.82) is 0 Å². The molecule has 1 aliphatic rings. The average Bonchev–Trinajstić information content (AvgIpc) is 3.23. The number of carbonyl (C=O) groups excluding carboxylic acids is 1. The second-order valence-corrected chi connectivity index (χ2v) is 8.26. The van der Waals surface area contributed by atoms with Gasteiger partial charge in [-0.15, -0.1) is 10.2 Å². The number of para-hydroxylation sites is 1. The third kappa shape index (κ3) is 5.11. The molecule has 1 aliphatic carbocycles. The number of aromatic nitrogens is 3. The number of carbonyl (C=O) groups is 1. The molecule has 4 rings (SSSR count). The quantitative estimate of drug-likeness (QED) is 0.226. The number of non-ortho nitro benzene ring substituents is 1. The summed E-state index contributed by atoms with van der Waals surface area (Å²) < 4.78 is 7.45. The van der Waals surface area contributed by atoms with Crippen LogP contribution in [0.3, 0.4) is 0 Å². The molecule has 31 heavy (non-hydrogen) atoms. The predicted octanol–water partition coefficient (Wildman–Crippen LogP) is 4.81. The molecule has 0 saturated heterocycles. The first-order valence-electron chi connectivity index (χ1n) is 10.2. The first-order valence-corrected chi connectivity index (χ1v) is 11.2. The minimum atomic E-state index is -0.440. The zero-order chi connectivity index (χ0) is 21.6. The second kappa shape index (κ2) is 9.74. The van der Waals surface area contributed by atoms with E-state index in [4.69, 9.17) is 4.74 Å². The average molecular weight is 439 g/mol. The van der Waals surface area contributed by atoms with Crippen LogP contribution in [0.4, 0.5) is 5.69 Å². The highest BCUT2D eigenvalue weighted by Crippen LogP contribution is 2.29. The molecule has 0 atom stereocenters. The molecule has 0 amide bonds. The highest BCUT2D eigenvalue weighted by Gasteiger charge is 2.21. The Hall–Kier alpha value is -3.20. The van der Waals surface area contributed by atoms with E-state index in [0.717, 1.165) is 31.4 Å². The normalized spacial score (nSPS) is 14.3. The Labute approximate surface area is 183 Å². The van der Waals surface area contributed by atoms with Gasteiger partial charge in [-0.05, 0) is 49.9 Å². The van der Waals surface area contributed by atoms with Gasteiger partial charge in [-0.3, -0.25) is 19.5 Å². The summed E-state index contributed by atoms with van der Waals surface area (Å²) in [6, 6.07) is 15.7. The van der Waals surface area contributed by atoms with Gasteiger partial charge in [0.1, 0.15) is 6.10 Å². The molecule has 1 aromatic heterocycles. The minimum Gasteiger partial charge on any atom is -0.462 e. The maximum absolute atomic E-state index is 12.3. The number of nitrogens with zero attached hydrogens (tertiary/aromatic N) is 4. The van der Waals surface area contributed by atoms with Crippen molar-refractivity contribution in [3.05, 3.63) is 64.7 Å². The Morgan fingerprint density at radius 2 is 1.77 bits per heavy atom. The van der Waals surface area contributed by atoms with E-state index in [0.29, 0.717) is 16.5 Å². The smallest absolute Gasteiger partial charge is 0.316 e. The molecule has 1 saturated carbocycles. The fraction of sp³-hybridized carbons (Fsp3) is 0.318. The highest BCUT2D eigenvalue weighted by atomic mass is 32.2. The molecule has 3 aromatic rings. The Morgan fingerprint density at radius 1 is 1.06 bits per heavy atom. The maximum atomic E-state index is 12.3. The van der Waals surface area contributed by atoms with Crippen LogP contribution in [0.25, 0.3) is 17.1 Å². The summed E-state index contributed by atoms with van der Waals surface area (Å²) >= 11 is 1.27. The Kier molecular flexibility index (Phi) is 6.61. The van der Waals surface area contributed by atoms with Crippen molar-refractivity contribution in [2.24, 2.45) is 0 Å². The molecular formula is C22H22N4O4S. The van der Waals surface area contributed by atoms with Crippen LogP contribution in [0.5, 0.6) is 0 Å². The molecule has 8 nitrogen and oxygen atoms in total. The highest BCUT2D eigenvalue weighted by molar-refractivity contribution is 7.99. The SMILES string of the molecule is O=C(CSc1nnc(-c2ccc([N+](=O)[O-])cc2)n1-c1ccccc1)OC1CCCCC1. The molecule has 0 spiro atoms. The van der Waals surface area contributed by atoms with Gasteiger partial charge in [0.25, 0.3) is 5.69 Å². The van der Waals surface area contributed by atoms with E-state index >= 15 is 0 Å².